The summed E-state index contributed by atoms with van der Waals surface area (Å²) < 4.78 is 0. The highest BCUT2D eigenvalue weighted by Crippen LogP contribution is 2.51. The van der Waals surface area contributed by atoms with Crippen LogP contribution in [0.25, 0.3) is 66.7 Å². The predicted octanol–water partition coefficient (Wildman–Crippen LogP) is 14.3. The molecule has 0 saturated heterocycles. The molecule has 0 spiro atoms. The molecule has 0 unspecified atom stereocenters. The first-order valence-corrected chi connectivity index (χ1v) is 17.8. The van der Waals surface area contributed by atoms with Crippen LogP contribution in [0.15, 0.2) is 164 Å². The summed E-state index contributed by atoms with van der Waals surface area (Å²) in [5.41, 5.74) is 13.5. The first kappa shape index (κ1) is 30.8. The van der Waals surface area contributed by atoms with Gasteiger partial charge in [0, 0.05) is 22.2 Å². The normalized spacial score (nSPS) is 13.2. The van der Waals surface area contributed by atoms with Crippen LogP contribution in [0.5, 0.6) is 0 Å². The van der Waals surface area contributed by atoms with Gasteiger partial charge in [0.1, 0.15) is 0 Å². The Morgan fingerprint density at radius 2 is 1.16 bits per heavy atom. The molecule has 1 aliphatic rings. The summed E-state index contributed by atoms with van der Waals surface area (Å²) in [6.45, 7) is 11.0. The average Bonchev–Trinajstić information content (AvgIpc) is 3.41. The Morgan fingerprint density at radius 3 is 1.92 bits per heavy atom. The van der Waals surface area contributed by atoms with E-state index in [1.807, 2.05) is 6.08 Å². The van der Waals surface area contributed by atoms with E-state index >= 15 is 0 Å². The van der Waals surface area contributed by atoms with Crippen molar-refractivity contribution in [2.75, 3.05) is 4.90 Å². The number of hydrogen-bond acceptors (Lipinski definition) is 1. The van der Waals surface area contributed by atoms with Crippen molar-refractivity contribution in [3.8, 4) is 22.3 Å². The first-order valence-electron chi connectivity index (χ1n) is 17.8. The highest BCUT2D eigenvalue weighted by molar-refractivity contribution is 6.14. The van der Waals surface area contributed by atoms with E-state index in [0.29, 0.717) is 0 Å². The van der Waals surface area contributed by atoms with Crippen LogP contribution in [-0.2, 0) is 5.41 Å². The van der Waals surface area contributed by atoms with Crippen LogP contribution in [0.1, 0.15) is 43.0 Å². The van der Waals surface area contributed by atoms with Crippen LogP contribution in [0.3, 0.4) is 0 Å². The molecule has 1 aliphatic carbocycles. The van der Waals surface area contributed by atoms with Crippen LogP contribution < -0.4 is 4.90 Å². The molecule has 0 radical (unpaired) electrons. The zero-order chi connectivity index (χ0) is 34.7. The Labute approximate surface area is 300 Å². The maximum Gasteiger partial charge on any atom is 0.0546 e. The summed E-state index contributed by atoms with van der Waals surface area (Å²) in [7, 11) is 0. The summed E-state index contributed by atoms with van der Waals surface area (Å²) in [5.74, 6) is 0. The first-order chi connectivity index (χ1) is 25.0. The monoisotopic (exact) mass is 653 g/mol. The lowest BCUT2D eigenvalue weighted by Crippen LogP contribution is -2.16. The zero-order valence-electron chi connectivity index (χ0n) is 29.3. The van der Waals surface area contributed by atoms with Crippen LogP contribution in [0.2, 0.25) is 0 Å². The number of rotatable bonds is 6. The van der Waals surface area contributed by atoms with Crippen molar-refractivity contribution in [2.45, 2.75) is 26.2 Å². The second-order valence-corrected chi connectivity index (χ2v) is 14.1. The molecule has 8 aromatic carbocycles. The van der Waals surface area contributed by atoms with Gasteiger partial charge in [-0.1, -0.05) is 154 Å². The third kappa shape index (κ3) is 4.84. The van der Waals surface area contributed by atoms with Crippen molar-refractivity contribution in [3.05, 3.63) is 187 Å². The average molecular weight is 654 g/mol. The molecule has 0 atom stereocenters. The summed E-state index contributed by atoms with van der Waals surface area (Å²) in [4.78, 5) is 2.46. The van der Waals surface area contributed by atoms with Crippen LogP contribution in [0, 0.1) is 0 Å². The molecule has 51 heavy (non-hydrogen) atoms. The number of fused-ring (bicyclic) bond motifs is 7. The number of benzene rings is 8. The fourth-order valence-corrected chi connectivity index (χ4v) is 8.45. The van der Waals surface area contributed by atoms with Gasteiger partial charge in [-0.2, -0.15) is 0 Å². The molecule has 0 N–H and O–H groups in total. The number of anilines is 3. The zero-order valence-corrected chi connectivity index (χ0v) is 29.3. The molecular formula is C50H39N. The molecule has 0 fully saturated rings. The van der Waals surface area contributed by atoms with Crippen molar-refractivity contribution < 1.29 is 0 Å². The second-order valence-electron chi connectivity index (χ2n) is 14.1. The molecule has 1 nitrogen and oxygen atoms in total. The van der Waals surface area contributed by atoms with Crippen molar-refractivity contribution >= 4 is 61.5 Å². The maximum absolute atomic E-state index is 4.17. The maximum atomic E-state index is 4.17. The smallest absolute Gasteiger partial charge is 0.0546 e. The van der Waals surface area contributed by atoms with E-state index < -0.39 is 0 Å². The van der Waals surface area contributed by atoms with Gasteiger partial charge in [0.2, 0.25) is 0 Å². The van der Waals surface area contributed by atoms with Gasteiger partial charge in [0.25, 0.3) is 0 Å². The van der Waals surface area contributed by atoms with E-state index in [0.717, 1.165) is 16.9 Å². The largest absolute Gasteiger partial charge is 0.310 e. The van der Waals surface area contributed by atoms with E-state index in [4.69, 9.17) is 0 Å². The minimum Gasteiger partial charge on any atom is -0.310 e. The Kier molecular flexibility index (Phi) is 7.26. The number of nitrogens with zero attached hydrogens (tertiary/aromatic N) is 1. The highest BCUT2D eigenvalue weighted by Gasteiger charge is 2.35. The molecule has 1 heteroatoms. The molecule has 0 saturated carbocycles. The second kappa shape index (κ2) is 12.0. The molecule has 0 bridgehead atoms. The standard InChI is InChI=1S/C50H39N/c1-5-15-38-33(6-2)30-46(42-20-10-9-18-40(38)42)34-24-26-36(27-25-34)51(49-31-35-16-7-8-17-39(35)41-19-11-12-22-45(41)49)37-28-29-44-43-21-13-14-23-47(43)50(3,4)48(44)32-37/h5-32H,2H2,1,3-4H3/b15-5-. The summed E-state index contributed by atoms with van der Waals surface area (Å²) >= 11 is 0. The van der Waals surface area contributed by atoms with E-state index in [1.54, 1.807) is 0 Å². The van der Waals surface area contributed by atoms with E-state index in [2.05, 4.69) is 196 Å². The number of allylic oxidation sites excluding steroid dienone is 1. The van der Waals surface area contributed by atoms with Gasteiger partial charge in [-0.3, -0.25) is 0 Å². The van der Waals surface area contributed by atoms with Gasteiger partial charge < -0.3 is 4.90 Å². The van der Waals surface area contributed by atoms with Gasteiger partial charge in [-0.15, -0.1) is 0 Å². The third-order valence-electron chi connectivity index (χ3n) is 10.9. The fraction of sp³-hybridized carbons (Fsp3) is 0.0800. The van der Waals surface area contributed by atoms with Crippen LogP contribution in [-0.4, -0.2) is 0 Å². The summed E-state index contributed by atoms with van der Waals surface area (Å²) in [5, 5.41) is 7.45. The van der Waals surface area contributed by atoms with E-state index in [9.17, 15) is 0 Å². The van der Waals surface area contributed by atoms with E-state index in [-0.39, 0.29) is 5.41 Å². The fourth-order valence-electron chi connectivity index (χ4n) is 8.45. The topological polar surface area (TPSA) is 3.24 Å². The minimum absolute atomic E-state index is 0.105. The predicted molar refractivity (Wildman–Crippen MR) is 221 cm³/mol. The molecule has 0 aliphatic heterocycles. The number of hydrogen-bond donors (Lipinski definition) is 0. The minimum atomic E-state index is -0.105. The Morgan fingerprint density at radius 1 is 0.529 bits per heavy atom. The molecular weight excluding hydrogens is 615 g/mol. The molecule has 8 aromatic rings. The summed E-state index contributed by atoms with van der Waals surface area (Å²) in [6, 6.07) is 56.0. The van der Waals surface area contributed by atoms with E-state index in [1.165, 1.54) is 76.9 Å². The van der Waals surface area contributed by atoms with Crippen molar-refractivity contribution in [1.82, 2.24) is 0 Å². The Bertz CT molecular complexity index is 2690. The van der Waals surface area contributed by atoms with Gasteiger partial charge in [-0.25, -0.2) is 0 Å². The summed E-state index contributed by atoms with van der Waals surface area (Å²) in [6.07, 6.45) is 6.27. The van der Waals surface area contributed by atoms with Gasteiger partial charge in [0.15, 0.2) is 0 Å². The van der Waals surface area contributed by atoms with Crippen LogP contribution >= 0.6 is 0 Å². The molecule has 244 valence electrons. The molecule has 0 heterocycles. The van der Waals surface area contributed by atoms with Crippen molar-refractivity contribution in [3.63, 3.8) is 0 Å². The van der Waals surface area contributed by atoms with Gasteiger partial charge >= 0.3 is 0 Å². The molecule has 0 amide bonds. The quantitative estimate of drug-likeness (QED) is 0.161. The SMILES string of the molecule is C=Cc1cc(-c2ccc(N(c3ccc4c(c3)C(C)(C)c3ccccc3-4)c3cc4ccccc4c4ccccc34)cc2)c2ccccc2c1/C=C\C. The lowest BCUT2D eigenvalue weighted by atomic mass is 9.82. The third-order valence-corrected chi connectivity index (χ3v) is 10.9. The van der Waals surface area contributed by atoms with Gasteiger partial charge in [-0.05, 0) is 115 Å². The Hall–Kier alpha value is -6.18. The van der Waals surface area contributed by atoms with Gasteiger partial charge in [0.05, 0.1) is 5.69 Å². The lowest BCUT2D eigenvalue weighted by molar-refractivity contribution is 0.660. The Balaban J connectivity index is 1.26. The highest BCUT2D eigenvalue weighted by atomic mass is 15.1. The molecule has 9 rings (SSSR count). The lowest BCUT2D eigenvalue weighted by Gasteiger charge is -2.29. The van der Waals surface area contributed by atoms with Crippen molar-refractivity contribution in [1.29, 1.82) is 0 Å². The van der Waals surface area contributed by atoms with Crippen molar-refractivity contribution in [2.24, 2.45) is 0 Å². The van der Waals surface area contributed by atoms with Crippen LogP contribution in [0.4, 0.5) is 17.1 Å². The molecule has 0 aromatic heterocycles.